The summed E-state index contributed by atoms with van der Waals surface area (Å²) < 4.78 is 7.02. The van der Waals surface area contributed by atoms with Gasteiger partial charge in [-0.3, -0.25) is 0 Å². The van der Waals surface area contributed by atoms with Crippen LogP contribution in [0.2, 0.25) is 0 Å². The molecule has 6 nitrogen and oxygen atoms in total. The fourth-order valence-electron chi connectivity index (χ4n) is 2.62. The Labute approximate surface area is 126 Å². The van der Waals surface area contributed by atoms with Gasteiger partial charge in [0.25, 0.3) is 0 Å². The van der Waals surface area contributed by atoms with E-state index in [-0.39, 0.29) is 6.10 Å². The summed E-state index contributed by atoms with van der Waals surface area (Å²) in [7, 11) is 1.74. The van der Waals surface area contributed by atoms with E-state index in [0.29, 0.717) is 0 Å². The fraction of sp³-hybridized carbons (Fsp3) is 0.188. The van der Waals surface area contributed by atoms with Gasteiger partial charge in [0.1, 0.15) is 12.7 Å². The quantitative estimate of drug-likeness (QED) is 0.769. The van der Waals surface area contributed by atoms with Crippen LogP contribution in [0.4, 0.5) is 0 Å². The maximum Gasteiger partial charge on any atom is 0.155 e. The summed E-state index contributed by atoms with van der Waals surface area (Å²) in [6.07, 6.45) is 10.3. The minimum atomic E-state index is 0.156. The normalized spacial score (nSPS) is 16.7. The Bertz CT molecular complexity index is 893. The lowest BCUT2D eigenvalue weighted by Crippen LogP contribution is -2.29. The SMILES string of the molecule is COC1C=c2cc(-c3ccc(-n4cncn4)nc3)[nH]c2=CC1. The average molecular weight is 293 g/mol. The van der Waals surface area contributed by atoms with Crippen LogP contribution < -0.4 is 10.6 Å². The second-order valence-electron chi connectivity index (χ2n) is 5.18. The predicted octanol–water partition coefficient (Wildman–Crippen LogP) is 0.637. The van der Waals surface area contributed by atoms with Crippen LogP contribution >= 0.6 is 0 Å². The first kappa shape index (κ1) is 13.0. The zero-order valence-corrected chi connectivity index (χ0v) is 12.1. The van der Waals surface area contributed by atoms with E-state index in [0.717, 1.165) is 28.8 Å². The Morgan fingerprint density at radius 1 is 1.36 bits per heavy atom. The maximum atomic E-state index is 5.39. The van der Waals surface area contributed by atoms with Crippen LogP contribution in [0.1, 0.15) is 6.42 Å². The van der Waals surface area contributed by atoms with Crippen molar-refractivity contribution in [2.45, 2.75) is 12.5 Å². The van der Waals surface area contributed by atoms with Crippen molar-refractivity contribution in [1.29, 1.82) is 0 Å². The largest absolute Gasteiger partial charge is 0.377 e. The lowest BCUT2D eigenvalue weighted by Gasteiger charge is -2.09. The number of nitrogens with one attached hydrogen (secondary N) is 1. The van der Waals surface area contributed by atoms with Gasteiger partial charge in [-0.25, -0.2) is 14.6 Å². The van der Waals surface area contributed by atoms with Crippen LogP contribution in [0.25, 0.3) is 29.2 Å². The van der Waals surface area contributed by atoms with Crippen LogP contribution in [-0.2, 0) is 4.74 Å². The van der Waals surface area contributed by atoms with Crippen molar-refractivity contribution in [1.82, 2.24) is 24.7 Å². The third kappa shape index (κ3) is 2.23. The molecule has 0 aliphatic heterocycles. The zero-order valence-electron chi connectivity index (χ0n) is 12.1. The topological polar surface area (TPSA) is 68.6 Å². The van der Waals surface area contributed by atoms with Crippen molar-refractivity contribution < 1.29 is 4.74 Å². The molecule has 0 saturated carbocycles. The molecule has 1 atom stereocenters. The summed E-state index contributed by atoms with van der Waals surface area (Å²) in [6, 6.07) is 6.08. The van der Waals surface area contributed by atoms with Crippen LogP contribution in [-0.4, -0.2) is 37.9 Å². The highest BCUT2D eigenvalue weighted by molar-refractivity contribution is 5.60. The van der Waals surface area contributed by atoms with Crippen molar-refractivity contribution in [3.63, 3.8) is 0 Å². The van der Waals surface area contributed by atoms with Gasteiger partial charge >= 0.3 is 0 Å². The Kier molecular flexibility index (Phi) is 3.08. The number of H-pyrrole nitrogens is 1. The first-order valence-corrected chi connectivity index (χ1v) is 7.09. The zero-order chi connectivity index (χ0) is 14.9. The van der Waals surface area contributed by atoms with E-state index in [2.05, 4.69) is 38.3 Å². The van der Waals surface area contributed by atoms with Crippen molar-refractivity contribution in [3.8, 4) is 17.1 Å². The summed E-state index contributed by atoms with van der Waals surface area (Å²) in [5.74, 6) is 0.746. The van der Waals surface area contributed by atoms with Crippen molar-refractivity contribution >= 4 is 12.2 Å². The molecular formula is C16H15N5O. The second kappa shape index (κ2) is 5.23. The second-order valence-corrected chi connectivity index (χ2v) is 5.18. The van der Waals surface area contributed by atoms with E-state index in [1.54, 1.807) is 18.1 Å². The Balaban J connectivity index is 1.70. The van der Waals surface area contributed by atoms with Gasteiger partial charge in [-0.05, 0) is 35.9 Å². The van der Waals surface area contributed by atoms with E-state index < -0.39 is 0 Å². The van der Waals surface area contributed by atoms with Gasteiger partial charge in [-0.1, -0.05) is 6.08 Å². The smallest absolute Gasteiger partial charge is 0.155 e. The molecule has 0 saturated heterocycles. The Morgan fingerprint density at radius 2 is 2.32 bits per heavy atom. The minimum absolute atomic E-state index is 0.156. The number of rotatable bonds is 3. The molecule has 0 radical (unpaired) electrons. The molecule has 1 N–H and O–H groups in total. The highest BCUT2D eigenvalue weighted by Crippen LogP contribution is 2.15. The third-order valence-electron chi connectivity index (χ3n) is 3.82. The van der Waals surface area contributed by atoms with E-state index in [9.17, 15) is 0 Å². The predicted molar refractivity (Wildman–Crippen MR) is 82.5 cm³/mol. The number of methoxy groups -OCH3 is 1. The Hall–Kier alpha value is -2.73. The number of nitrogens with zero attached hydrogens (tertiary/aromatic N) is 4. The van der Waals surface area contributed by atoms with E-state index >= 15 is 0 Å². The molecule has 6 heteroatoms. The molecule has 3 heterocycles. The van der Waals surface area contributed by atoms with Gasteiger partial charge in [-0.2, -0.15) is 5.10 Å². The van der Waals surface area contributed by atoms with Gasteiger partial charge in [0, 0.05) is 29.9 Å². The monoisotopic (exact) mass is 293 g/mol. The summed E-state index contributed by atoms with van der Waals surface area (Å²) in [4.78, 5) is 11.8. The lowest BCUT2D eigenvalue weighted by molar-refractivity contribution is 0.157. The lowest BCUT2D eigenvalue weighted by atomic mass is 10.1. The van der Waals surface area contributed by atoms with Crippen LogP contribution in [0.5, 0.6) is 0 Å². The van der Waals surface area contributed by atoms with Gasteiger partial charge < -0.3 is 9.72 Å². The van der Waals surface area contributed by atoms with E-state index in [4.69, 9.17) is 4.74 Å². The molecule has 0 aromatic carbocycles. The van der Waals surface area contributed by atoms with Crippen molar-refractivity contribution in [2.75, 3.05) is 7.11 Å². The van der Waals surface area contributed by atoms with Crippen LogP contribution in [0.3, 0.4) is 0 Å². The van der Waals surface area contributed by atoms with Gasteiger partial charge in [0.2, 0.25) is 0 Å². The van der Waals surface area contributed by atoms with Gasteiger partial charge in [-0.15, -0.1) is 0 Å². The first-order valence-electron chi connectivity index (χ1n) is 7.09. The van der Waals surface area contributed by atoms with E-state index in [1.807, 2.05) is 18.3 Å². The minimum Gasteiger partial charge on any atom is -0.377 e. The molecule has 22 heavy (non-hydrogen) atoms. The molecule has 3 aromatic heterocycles. The number of hydrogen-bond donors (Lipinski definition) is 1. The molecule has 1 aliphatic rings. The number of aromatic amines is 1. The van der Waals surface area contributed by atoms with Gasteiger partial charge in [0.05, 0.1) is 6.10 Å². The van der Waals surface area contributed by atoms with Crippen LogP contribution in [0.15, 0.2) is 37.1 Å². The van der Waals surface area contributed by atoms with E-state index in [1.165, 1.54) is 11.5 Å². The fourth-order valence-corrected chi connectivity index (χ4v) is 2.62. The number of pyridine rings is 1. The number of hydrogen-bond acceptors (Lipinski definition) is 4. The molecule has 0 fully saturated rings. The highest BCUT2D eigenvalue weighted by atomic mass is 16.5. The summed E-state index contributed by atoms with van der Waals surface area (Å²) in [6.45, 7) is 0. The number of fused-ring (bicyclic) bond motifs is 1. The molecular weight excluding hydrogens is 278 g/mol. The molecule has 1 aliphatic carbocycles. The number of aromatic nitrogens is 5. The Morgan fingerprint density at radius 3 is 3.05 bits per heavy atom. The molecule has 0 bridgehead atoms. The molecule has 110 valence electrons. The highest BCUT2D eigenvalue weighted by Gasteiger charge is 2.09. The first-order chi connectivity index (χ1) is 10.8. The molecule has 4 rings (SSSR count). The summed E-state index contributed by atoms with van der Waals surface area (Å²) in [5.41, 5.74) is 2.08. The molecule has 3 aromatic rings. The average Bonchev–Trinajstić information content (AvgIpc) is 3.23. The van der Waals surface area contributed by atoms with Crippen molar-refractivity contribution in [2.24, 2.45) is 0 Å². The number of ether oxygens (including phenoxy) is 1. The summed E-state index contributed by atoms with van der Waals surface area (Å²) >= 11 is 0. The van der Waals surface area contributed by atoms with Gasteiger partial charge in [0.15, 0.2) is 5.82 Å². The van der Waals surface area contributed by atoms with Crippen molar-refractivity contribution in [3.05, 3.63) is 47.6 Å². The maximum absolute atomic E-state index is 5.39. The summed E-state index contributed by atoms with van der Waals surface area (Å²) in [5, 5.41) is 6.39. The molecule has 1 unspecified atom stereocenters. The van der Waals surface area contributed by atoms with Crippen LogP contribution in [0, 0.1) is 0 Å². The third-order valence-corrected chi connectivity index (χ3v) is 3.82. The molecule has 0 amide bonds. The molecule has 0 spiro atoms. The standard InChI is InChI=1S/C16H15N5O/c1-22-13-3-4-14-12(6-13)7-15(20-14)11-2-5-16(18-8-11)21-10-17-9-19-21/h2,4-10,13,20H,3H2,1H3.